The molecule has 0 spiro atoms. The van der Waals surface area contributed by atoms with Gasteiger partial charge in [-0.2, -0.15) is 0 Å². The summed E-state index contributed by atoms with van der Waals surface area (Å²) in [4.78, 5) is 13.7. The Balaban J connectivity index is 0.00000300. The van der Waals surface area contributed by atoms with Gasteiger partial charge in [0.2, 0.25) is 0 Å². The fourth-order valence-electron chi connectivity index (χ4n) is 4.23. The molecule has 0 radical (unpaired) electrons. The molecule has 0 aliphatic carbocycles. The summed E-state index contributed by atoms with van der Waals surface area (Å²) in [5, 5.41) is 7.73. The number of unbranched alkanes of at least 4 members (excludes halogenated alkanes) is 1. The maximum atomic E-state index is 6.28. The molecule has 2 saturated heterocycles. The molecule has 1 aromatic heterocycles. The Morgan fingerprint density at radius 1 is 1.28 bits per heavy atom. The van der Waals surface area contributed by atoms with Gasteiger partial charge in [-0.3, -0.25) is 4.99 Å². The molecule has 2 atom stereocenters. The van der Waals surface area contributed by atoms with Crippen LogP contribution in [0.15, 0.2) is 23.3 Å². The summed E-state index contributed by atoms with van der Waals surface area (Å²) in [6.45, 7) is 8.96. The van der Waals surface area contributed by atoms with Gasteiger partial charge in [-0.25, -0.2) is 4.98 Å². The van der Waals surface area contributed by atoms with Crippen molar-refractivity contribution in [1.82, 2.24) is 20.5 Å². The third-order valence-corrected chi connectivity index (χ3v) is 6.02. The van der Waals surface area contributed by atoms with Crippen molar-refractivity contribution >= 4 is 47.4 Å². The minimum Gasteiger partial charge on any atom is -0.356 e. The van der Waals surface area contributed by atoms with E-state index in [1.54, 1.807) is 6.20 Å². The predicted molar refractivity (Wildman–Crippen MR) is 134 cm³/mol. The fraction of sp³-hybridized carbons (Fsp3) is 0.714. The average Bonchev–Trinajstić information content (AvgIpc) is 3.15. The number of aliphatic imine (C=N–C) groups is 1. The molecule has 2 unspecified atom stereocenters. The molecule has 29 heavy (non-hydrogen) atoms. The van der Waals surface area contributed by atoms with Gasteiger partial charge in [0.1, 0.15) is 5.82 Å². The topological polar surface area (TPSA) is 55.8 Å². The number of likely N-dealkylation sites (tertiary alicyclic amines) is 1. The molecule has 8 heteroatoms. The SMILES string of the molecule is CN=C(NCCCCN1CCCC(C)C1)NC1CCN(c2ncccc2Cl)C1.I. The van der Waals surface area contributed by atoms with Crippen molar-refractivity contribution in [3.05, 3.63) is 23.4 Å². The third-order valence-electron chi connectivity index (χ3n) is 5.73. The van der Waals surface area contributed by atoms with Gasteiger partial charge in [-0.1, -0.05) is 18.5 Å². The minimum atomic E-state index is 0. The Bertz CT molecular complexity index is 643. The number of nitrogens with zero attached hydrogens (tertiary/aromatic N) is 4. The molecule has 2 aliphatic rings. The summed E-state index contributed by atoms with van der Waals surface area (Å²) in [7, 11) is 1.84. The van der Waals surface area contributed by atoms with E-state index in [0.29, 0.717) is 11.1 Å². The second-order valence-electron chi connectivity index (χ2n) is 8.14. The first-order valence-corrected chi connectivity index (χ1v) is 11.1. The maximum absolute atomic E-state index is 6.28. The zero-order valence-electron chi connectivity index (χ0n) is 17.7. The van der Waals surface area contributed by atoms with Crippen LogP contribution in [0.3, 0.4) is 0 Å². The van der Waals surface area contributed by atoms with E-state index in [2.05, 4.69) is 37.3 Å². The van der Waals surface area contributed by atoms with Gasteiger partial charge in [0.05, 0.1) is 5.02 Å². The molecule has 3 rings (SSSR count). The summed E-state index contributed by atoms with van der Waals surface area (Å²) >= 11 is 6.28. The zero-order valence-corrected chi connectivity index (χ0v) is 20.8. The van der Waals surface area contributed by atoms with Gasteiger partial charge < -0.3 is 20.4 Å². The monoisotopic (exact) mass is 534 g/mol. The molecule has 0 amide bonds. The lowest BCUT2D eigenvalue weighted by molar-refractivity contribution is 0.181. The van der Waals surface area contributed by atoms with Gasteiger partial charge in [-0.05, 0) is 63.2 Å². The molecule has 2 N–H and O–H groups in total. The Morgan fingerprint density at radius 3 is 2.90 bits per heavy atom. The van der Waals surface area contributed by atoms with E-state index in [-0.39, 0.29) is 24.0 Å². The number of rotatable bonds is 7. The van der Waals surface area contributed by atoms with Crippen molar-refractivity contribution < 1.29 is 0 Å². The molecule has 6 nitrogen and oxygen atoms in total. The quantitative estimate of drug-likeness (QED) is 0.242. The Hall–Kier alpha value is -0.800. The molecule has 164 valence electrons. The lowest BCUT2D eigenvalue weighted by Crippen LogP contribution is -2.45. The van der Waals surface area contributed by atoms with Crippen molar-refractivity contribution in [2.24, 2.45) is 10.9 Å². The van der Waals surface area contributed by atoms with E-state index < -0.39 is 0 Å². The van der Waals surface area contributed by atoms with Gasteiger partial charge >= 0.3 is 0 Å². The highest BCUT2D eigenvalue weighted by Gasteiger charge is 2.25. The number of guanidine groups is 1. The van der Waals surface area contributed by atoms with E-state index in [1.807, 2.05) is 19.2 Å². The fourth-order valence-corrected chi connectivity index (χ4v) is 4.47. The zero-order chi connectivity index (χ0) is 19.8. The van der Waals surface area contributed by atoms with Crippen molar-refractivity contribution in [1.29, 1.82) is 0 Å². The molecule has 2 aliphatic heterocycles. The van der Waals surface area contributed by atoms with Crippen LogP contribution in [0.1, 0.15) is 39.0 Å². The highest BCUT2D eigenvalue weighted by Crippen LogP contribution is 2.25. The van der Waals surface area contributed by atoms with E-state index in [0.717, 1.165) is 43.8 Å². The molecule has 0 bridgehead atoms. The summed E-state index contributed by atoms with van der Waals surface area (Å²) in [6, 6.07) is 4.13. The van der Waals surface area contributed by atoms with Gasteiger partial charge in [-0.15, -0.1) is 24.0 Å². The largest absolute Gasteiger partial charge is 0.356 e. The molecule has 1 aromatic rings. The van der Waals surface area contributed by atoms with Crippen LogP contribution in [0, 0.1) is 5.92 Å². The second-order valence-corrected chi connectivity index (χ2v) is 8.55. The first kappa shape index (κ1) is 24.5. The minimum absolute atomic E-state index is 0. The van der Waals surface area contributed by atoms with Crippen LogP contribution in [0.25, 0.3) is 0 Å². The van der Waals surface area contributed by atoms with Gasteiger partial charge in [0, 0.05) is 45.5 Å². The average molecular weight is 535 g/mol. The van der Waals surface area contributed by atoms with Crippen LogP contribution >= 0.6 is 35.6 Å². The number of halogens is 2. The lowest BCUT2D eigenvalue weighted by Gasteiger charge is -2.30. The van der Waals surface area contributed by atoms with Crippen LogP contribution in [-0.2, 0) is 0 Å². The van der Waals surface area contributed by atoms with Gasteiger partial charge in [0.25, 0.3) is 0 Å². The van der Waals surface area contributed by atoms with Crippen molar-refractivity contribution in [3.63, 3.8) is 0 Å². The van der Waals surface area contributed by atoms with Crippen LogP contribution in [0.2, 0.25) is 5.02 Å². The number of nitrogens with one attached hydrogen (secondary N) is 2. The van der Waals surface area contributed by atoms with Gasteiger partial charge in [0.15, 0.2) is 5.96 Å². The van der Waals surface area contributed by atoms with Crippen molar-refractivity contribution in [3.8, 4) is 0 Å². The Labute approximate surface area is 197 Å². The Morgan fingerprint density at radius 2 is 2.14 bits per heavy atom. The van der Waals surface area contributed by atoms with E-state index in [1.165, 1.54) is 45.3 Å². The van der Waals surface area contributed by atoms with Crippen LogP contribution in [0.5, 0.6) is 0 Å². The third kappa shape index (κ3) is 7.75. The standard InChI is InChI=1S/C21H35ClN6.HI/c1-17-7-6-13-27(15-17)12-4-3-10-25-21(23-2)26-18-9-14-28(16-18)20-19(22)8-5-11-24-20;/h5,8,11,17-18H,3-4,6-7,9-10,12-16H2,1-2H3,(H2,23,25,26);1H. The summed E-state index contributed by atoms with van der Waals surface area (Å²) < 4.78 is 0. The molecular weight excluding hydrogens is 499 g/mol. The van der Waals surface area contributed by atoms with Crippen molar-refractivity contribution in [2.75, 3.05) is 51.2 Å². The first-order valence-electron chi connectivity index (χ1n) is 10.7. The molecule has 0 saturated carbocycles. The maximum Gasteiger partial charge on any atom is 0.191 e. The summed E-state index contributed by atoms with van der Waals surface area (Å²) in [5.41, 5.74) is 0. The summed E-state index contributed by atoms with van der Waals surface area (Å²) in [5.74, 6) is 2.64. The van der Waals surface area contributed by atoms with E-state index >= 15 is 0 Å². The van der Waals surface area contributed by atoms with E-state index in [9.17, 15) is 0 Å². The summed E-state index contributed by atoms with van der Waals surface area (Å²) in [6.07, 6.45) is 8.02. The highest BCUT2D eigenvalue weighted by atomic mass is 127. The smallest absolute Gasteiger partial charge is 0.191 e. The van der Waals surface area contributed by atoms with Crippen LogP contribution < -0.4 is 15.5 Å². The highest BCUT2D eigenvalue weighted by molar-refractivity contribution is 14.0. The number of anilines is 1. The Kier molecular flexibility index (Phi) is 10.8. The first-order chi connectivity index (χ1) is 13.7. The number of piperidine rings is 1. The number of hydrogen-bond donors (Lipinski definition) is 2. The van der Waals surface area contributed by atoms with Crippen LogP contribution in [-0.4, -0.2) is 68.2 Å². The molecule has 2 fully saturated rings. The molecule has 0 aromatic carbocycles. The molecular formula is C21H36ClIN6. The van der Waals surface area contributed by atoms with Crippen molar-refractivity contribution in [2.45, 2.75) is 45.1 Å². The van der Waals surface area contributed by atoms with E-state index in [4.69, 9.17) is 11.6 Å². The number of hydrogen-bond acceptors (Lipinski definition) is 4. The molecule has 3 heterocycles. The normalized spacial score (nSPS) is 23.0. The second kappa shape index (κ2) is 12.8. The number of aromatic nitrogens is 1. The lowest BCUT2D eigenvalue weighted by atomic mass is 10.0. The predicted octanol–water partition coefficient (Wildman–Crippen LogP) is 3.61. The van der Waals surface area contributed by atoms with Crippen LogP contribution in [0.4, 0.5) is 5.82 Å². The number of pyridine rings is 1.